The number of carbonyl (C=O) groups is 1. The molecule has 3 rings (SSSR count). The number of ether oxygens (including phenoxy) is 1. The fourth-order valence-electron chi connectivity index (χ4n) is 3.06. The molecule has 0 bridgehead atoms. The first-order valence-electron chi connectivity index (χ1n) is 7.99. The van der Waals surface area contributed by atoms with E-state index in [-0.39, 0.29) is 11.7 Å². The van der Waals surface area contributed by atoms with Crippen molar-refractivity contribution in [2.24, 2.45) is 0 Å². The predicted octanol–water partition coefficient (Wildman–Crippen LogP) is 5.08. The van der Waals surface area contributed by atoms with Crippen LogP contribution in [0, 0.1) is 0 Å². The van der Waals surface area contributed by atoms with E-state index in [1.165, 1.54) is 0 Å². The maximum atomic E-state index is 12.5. The van der Waals surface area contributed by atoms with Gasteiger partial charge in [0.05, 0.1) is 13.0 Å². The topological polar surface area (TPSA) is 26.3 Å². The van der Waals surface area contributed by atoms with E-state index in [9.17, 15) is 4.79 Å². The van der Waals surface area contributed by atoms with Crippen molar-refractivity contribution in [3.8, 4) is 16.9 Å². The first kappa shape index (κ1) is 16.0. The molecule has 2 heteroatoms. The number of benzene rings is 3. The number of ketones is 1. The predicted molar refractivity (Wildman–Crippen MR) is 97.4 cm³/mol. The van der Waals surface area contributed by atoms with Crippen molar-refractivity contribution in [3.63, 3.8) is 0 Å². The minimum atomic E-state index is -0.285. The third-order valence-corrected chi connectivity index (χ3v) is 4.21. The molecule has 0 N–H and O–H groups in total. The zero-order chi connectivity index (χ0) is 16.9. The Morgan fingerprint density at radius 1 is 0.833 bits per heavy atom. The summed E-state index contributed by atoms with van der Waals surface area (Å²) in [5, 5.41) is 0. The number of methoxy groups -OCH3 is 1. The van der Waals surface area contributed by atoms with Gasteiger partial charge in [0.2, 0.25) is 0 Å². The lowest BCUT2D eigenvalue weighted by molar-refractivity contribution is -0.117. The lowest BCUT2D eigenvalue weighted by atomic mass is 9.83. The minimum absolute atomic E-state index is 0.128. The number of hydrogen-bond acceptors (Lipinski definition) is 2. The number of rotatable bonds is 5. The minimum Gasteiger partial charge on any atom is -0.497 e. The average Bonchev–Trinajstić information content (AvgIpc) is 2.63. The smallest absolute Gasteiger partial charge is 0.141 e. The van der Waals surface area contributed by atoms with Crippen molar-refractivity contribution in [1.82, 2.24) is 0 Å². The standard InChI is InChI=1S/C22H20O2/c1-16(23)22(18-12-14-19(24-2)15-13-18)21-11-7-6-10-20(21)17-8-4-3-5-9-17/h3-15,22H,1-2H3. The summed E-state index contributed by atoms with van der Waals surface area (Å²) in [5.74, 6) is 0.633. The Labute approximate surface area is 142 Å². The highest BCUT2D eigenvalue weighted by molar-refractivity contribution is 5.89. The van der Waals surface area contributed by atoms with Crippen LogP contribution in [0.2, 0.25) is 0 Å². The second kappa shape index (κ2) is 7.14. The van der Waals surface area contributed by atoms with Gasteiger partial charge < -0.3 is 4.74 Å². The molecule has 0 heterocycles. The Balaban J connectivity index is 2.11. The zero-order valence-corrected chi connectivity index (χ0v) is 13.9. The summed E-state index contributed by atoms with van der Waals surface area (Å²) >= 11 is 0. The van der Waals surface area contributed by atoms with Gasteiger partial charge in [-0.25, -0.2) is 0 Å². The van der Waals surface area contributed by atoms with Gasteiger partial charge in [-0.15, -0.1) is 0 Å². The normalized spacial score (nSPS) is 11.8. The van der Waals surface area contributed by atoms with E-state index in [1.54, 1.807) is 14.0 Å². The van der Waals surface area contributed by atoms with Crippen LogP contribution in [-0.4, -0.2) is 12.9 Å². The van der Waals surface area contributed by atoms with Crippen molar-refractivity contribution in [2.75, 3.05) is 7.11 Å². The summed E-state index contributed by atoms with van der Waals surface area (Å²) in [5.41, 5.74) is 4.22. The molecule has 0 spiro atoms. The molecule has 3 aromatic carbocycles. The van der Waals surface area contributed by atoms with E-state index in [1.807, 2.05) is 60.7 Å². The molecule has 24 heavy (non-hydrogen) atoms. The van der Waals surface area contributed by atoms with Crippen molar-refractivity contribution in [1.29, 1.82) is 0 Å². The first-order chi connectivity index (χ1) is 11.7. The molecule has 3 aromatic rings. The summed E-state index contributed by atoms with van der Waals surface area (Å²) in [6, 6.07) is 26.0. The van der Waals surface area contributed by atoms with Crippen molar-refractivity contribution in [2.45, 2.75) is 12.8 Å². The van der Waals surface area contributed by atoms with Crippen LogP contribution in [0.3, 0.4) is 0 Å². The average molecular weight is 316 g/mol. The van der Waals surface area contributed by atoms with Crippen molar-refractivity contribution < 1.29 is 9.53 Å². The van der Waals surface area contributed by atoms with Gasteiger partial charge in [-0.1, -0.05) is 66.7 Å². The van der Waals surface area contributed by atoms with Gasteiger partial charge >= 0.3 is 0 Å². The van der Waals surface area contributed by atoms with E-state index in [0.29, 0.717) is 0 Å². The molecular weight excluding hydrogens is 296 g/mol. The van der Waals surface area contributed by atoms with Crippen LogP contribution in [0.15, 0.2) is 78.9 Å². The molecule has 2 nitrogen and oxygen atoms in total. The Hall–Kier alpha value is -2.87. The Bertz CT molecular complexity index is 820. The fourth-order valence-corrected chi connectivity index (χ4v) is 3.06. The van der Waals surface area contributed by atoms with E-state index in [2.05, 4.69) is 18.2 Å². The van der Waals surface area contributed by atoms with E-state index < -0.39 is 0 Å². The van der Waals surface area contributed by atoms with Crippen molar-refractivity contribution in [3.05, 3.63) is 90.0 Å². The maximum absolute atomic E-state index is 12.5. The summed E-state index contributed by atoms with van der Waals surface area (Å²) in [6.07, 6.45) is 0. The second-order valence-electron chi connectivity index (χ2n) is 5.77. The second-order valence-corrected chi connectivity index (χ2v) is 5.77. The molecule has 0 radical (unpaired) electrons. The Morgan fingerprint density at radius 2 is 1.46 bits per heavy atom. The highest BCUT2D eigenvalue weighted by Gasteiger charge is 2.22. The fraction of sp³-hybridized carbons (Fsp3) is 0.136. The first-order valence-corrected chi connectivity index (χ1v) is 7.99. The van der Waals surface area contributed by atoms with Crippen LogP contribution < -0.4 is 4.74 Å². The van der Waals surface area contributed by atoms with E-state index in [4.69, 9.17) is 4.74 Å². The van der Waals surface area contributed by atoms with Gasteiger partial charge in [-0.05, 0) is 41.3 Å². The van der Waals surface area contributed by atoms with Crippen molar-refractivity contribution >= 4 is 5.78 Å². The lowest BCUT2D eigenvalue weighted by Gasteiger charge is -2.19. The quantitative estimate of drug-likeness (QED) is 0.656. The molecule has 0 aliphatic rings. The lowest BCUT2D eigenvalue weighted by Crippen LogP contribution is -2.11. The number of Topliss-reactive ketones (excluding diaryl/α,β-unsaturated/α-hetero) is 1. The van der Waals surface area contributed by atoms with Crippen LogP contribution in [-0.2, 0) is 4.79 Å². The summed E-state index contributed by atoms with van der Waals surface area (Å²) < 4.78 is 5.22. The summed E-state index contributed by atoms with van der Waals surface area (Å²) in [7, 11) is 1.64. The molecule has 1 atom stereocenters. The van der Waals surface area contributed by atoms with E-state index >= 15 is 0 Å². The monoisotopic (exact) mass is 316 g/mol. The Morgan fingerprint density at radius 3 is 2.08 bits per heavy atom. The molecular formula is C22H20O2. The molecule has 0 aromatic heterocycles. The third kappa shape index (κ3) is 3.23. The van der Waals surface area contributed by atoms with Crippen LogP contribution in [0.1, 0.15) is 24.0 Å². The third-order valence-electron chi connectivity index (χ3n) is 4.21. The molecule has 1 unspecified atom stereocenters. The SMILES string of the molecule is COc1ccc(C(C(C)=O)c2ccccc2-c2ccccc2)cc1. The Kier molecular flexibility index (Phi) is 4.76. The molecule has 120 valence electrons. The summed E-state index contributed by atoms with van der Waals surface area (Å²) in [4.78, 5) is 12.5. The van der Waals surface area contributed by atoms with Crippen LogP contribution >= 0.6 is 0 Å². The van der Waals surface area contributed by atoms with Gasteiger partial charge in [0.25, 0.3) is 0 Å². The van der Waals surface area contributed by atoms with Gasteiger partial charge in [0.15, 0.2) is 0 Å². The van der Waals surface area contributed by atoms with Crippen LogP contribution in [0.5, 0.6) is 5.75 Å². The van der Waals surface area contributed by atoms with Gasteiger partial charge in [0.1, 0.15) is 11.5 Å². The maximum Gasteiger partial charge on any atom is 0.141 e. The molecule has 0 saturated carbocycles. The molecule has 0 aliphatic carbocycles. The number of hydrogen-bond donors (Lipinski definition) is 0. The van der Waals surface area contributed by atoms with Crippen LogP contribution in [0.25, 0.3) is 11.1 Å². The van der Waals surface area contributed by atoms with Gasteiger partial charge in [-0.3, -0.25) is 4.79 Å². The van der Waals surface area contributed by atoms with Gasteiger partial charge in [-0.2, -0.15) is 0 Å². The van der Waals surface area contributed by atoms with Crippen LogP contribution in [0.4, 0.5) is 0 Å². The molecule has 0 fully saturated rings. The highest BCUT2D eigenvalue weighted by atomic mass is 16.5. The summed E-state index contributed by atoms with van der Waals surface area (Å²) in [6.45, 7) is 1.65. The largest absolute Gasteiger partial charge is 0.497 e. The molecule has 0 saturated heterocycles. The number of carbonyl (C=O) groups excluding carboxylic acids is 1. The highest BCUT2D eigenvalue weighted by Crippen LogP contribution is 2.34. The zero-order valence-electron chi connectivity index (χ0n) is 13.9. The molecule has 0 aliphatic heterocycles. The molecule has 0 amide bonds. The van der Waals surface area contributed by atoms with Gasteiger partial charge in [0, 0.05) is 0 Å². The van der Waals surface area contributed by atoms with E-state index in [0.717, 1.165) is 28.0 Å².